The molecule has 0 spiro atoms. The van der Waals surface area contributed by atoms with Crippen molar-refractivity contribution in [3.8, 4) is 11.5 Å². The zero-order valence-electron chi connectivity index (χ0n) is 20.5. The lowest BCUT2D eigenvalue weighted by molar-refractivity contribution is 0.175. The molecular weight excluding hydrogens is 448 g/mol. The molecule has 1 aliphatic rings. The number of phenolic OH excluding ortho intramolecular Hbond substituents is 1. The minimum atomic E-state index is -0.0850. The summed E-state index contributed by atoms with van der Waals surface area (Å²) in [5.41, 5.74) is 4.32. The predicted octanol–water partition coefficient (Wildman–Crippen LogP) is 5.21. The van der Waals surface area contributed by atoms with Crippen LogP contribution in [-0.4, -0.2) is 52.4 Å². The van der Waals surface area contributed by atoms with E-state index in [-0.39, 0.29) is 18.1 Å². The van der Waals surface area contributed by atoms with Crippen molar-refractivity contribution >= 4 is 11.6 Å². The van der Waals surface area contributed by atoms with Crippen LogP contribution >= 0.6 is 11.6 Å². The normalized spacial score (nSPS) is 15.6. The molecule has 5 nitrogen and oxygen atoms in total. The Bertz CT molecular complexity index is 905. The molecule has 2 aromatic rings. The van der Waals surface area contributed by atoms with E-state index in [4.69, 9.17) is 11.6 Å². The number of unbranched alkanes of at least 4 members (excludes halogenated alkanes) is 3. The van der Waals surface area contributed by atoms with Crippen molar-refractivity contribution in [3.63, 3.8) is 0 Å². The van der Waals surface area contributed by atoms with E-state index in [1.807, 2.05) is 18.2 Å². The molecule has 6 heteroatoms. The van der Waals surface area contributed by atoms with Crippen LogP contribution in [-0.2, 0) is 25.9 Å². The Hall–Kier alpha value is -1.79. The number of phenols is 2. The molecule has 1 atom stereocenters. The molecule has 3 rings (SSSR count). The molecular formula is C28H41ClN2O3. The van der Waals surface area contributed by atoms with Crippen LogP contribution in [0.3, 0.4) is 0 Å². The van der Waals surface area contributed by atoms with Gasteiger partial charge in [-0.1, -0.05) is 43.5 Å². The van der Waals surface area contributed by atoms with Crippen LogP contribution in [0.5, 0.6) is 11.5 Å². The molecule has 0 heterocycles. The van der Waals surface area contributed by atoms with Gasteiger partial charge in [0, 0.05) is 11.6 Å². The van der Waals surface area contributed by atoms with Crippen LogP contribution in [0, 0.1) is 0 Å². The molecule has 4 N–H and O–H groups in total. The highest BCUT2D eigenvalue weighted by Gasteiger charge is 2.26. The van der Waals surface area contributed by atoms with Crippen LogP contribution in [0.25, 0.3) is 0 Å². The lowest BCUT2D eigenvalue weighted by atomic mass is 9.84. The maximum atomic E-state index is 10.0. The molecule has 0 fully saturated rings. The Labute approximate surface area is 209 Å². The molecule has 188 valence electrons. The van der Waals surface area contributed by atoms with E-state index in [0.29, 0.717) is 11.1 Å². The number of rotatable bonds is 14. The molecule has 0 bridgehead atoms. The molecule has 0 amide bonds. The van der Waals surface area contributed by atoms with E-state index in [0.717, 1.165) is 75.0 Å². The lowest BCUT2D eigenvalue weighted by Gasteiger charge is -2.36. The van der Waals surface area contributed by atoms with Gasteiger partial charge in [0.1, 0.15) is 11.5 Å². The van der Waals surface area contributed by atoms with E-state index in [2.05, 4.69) is 17.1 Å². The third kappa shape index (κ3) is 7.61. The van der Waals surface area contributed by atoms with Gasteiger partial charge in [-0.3, -0.25) is 0 Å². The highest BCUT2D eigenvalue weighted by molar-refractivity contribution is 6.32. The van der Waals surface area contributed by atoms with Gasteiger partial charge in [0.05, 0.1) is 11.6 Å². The first kappa shape index (κ1) is 26.8. The number of fused-ring (bicyclic) bond motifs is 1. The number of aliphatic hydroxyl groups excluding tert-OH is 1. The maximum absolute atomic E-state index is 10.0. The van der Waals surface area contributed by atoms with E-state index >= 15 is 0 Å². The Morgan fingerprint density at radius 3 is 2.56 bits per heavy atom. The molecule has 0 unspecified atom stereocenters. The third-order valence-electron chi connectivity index (χ3n) is 7.02. The number of nitrogens with one attached hydrogen (secondary N) is 1. The second kappa shape index (κ2) is 13.9. The lowest BCUT2D eigenvalue weighted by Crippen LogP contribution is -2.40. The van der Waals surface area contributed by atoms with Crippen LogP contribution in [0.2, 0.25) is 5.02 Å². The summed E-state index contributed by atoms with van der Waals surface area (Å²) < 4.78 is 0. The standard InChI is InChI=1S/C28H41ClN2O3/c1-2-16-31(23-9-10-24-22(19-23)8-12-27(33)25(24)20-32)17-6-4-3-5-14-30-15-13-21-7-11-28(34)26(29)18-21/h7-8,11-12,18,23,30,32-34H,2-6,9-10,13-17,19-20H2,1H3/t23-/m0/s1. The first-order valence-electron chi connectivity index (χ1n) is 12.9. The molecule has 34 heavy (non-hydrogen) atoms. The first-order chi connectivity index (χ1) is 16.5. The number of aliphatic hydroxyl groups is 1. The SMILES string of the molecule is CCCN(CCCCCCNCCc1ccc(O)c(Cl)c1)[C@H]1CCc2c(ccc(O)c2CO)C1. The van der Waals surface area contributed by atoms with Gasteiger partial charge in [-0.15, -0.1) is 0 Å². The second-order valence-electron chi connectivity index (χ2n) is 9.49. The summed E-state index contributed by atoms with van der Waals surface area (Å²) in [5.74, 6) is 0.365. The van der Waals surface area contributed by atoms with Gasteiger partial charge in [-0.25, -0.2) is 0 Å². The van der Waals surface area contributed by atoms with Crippen molar-refractivity contribution in [1.29, 1.82) is 0 Å². The van der Waals surface area contributed by atoms with Gasteiger partial charge < -0.3 is 25.5 Å². The highest BCUT2D eigenvalue weighted by atomic mass is 35.5. The van der Waals surface area contributed by atoms with Crippen molar-refractivity contribution < 1.29 is 15.3 Å². The predicted molar refractivity (Wildman–Crippen MR) is 140 cm³/mol. The Morgan fingerprint density at radius 1 is 1.00 bits per heavy atom. The smallest absolute Gasteiger partial charge is 0.134 e. The number of halogens is 1. The fourth-order valence-corrected chi connectivity index (χ4v) is 5.34. The number of aromatic hydroxyl groups is 2. The van der Waals surface area contributed by atoms with Crippen molar-refractivity contribution in [1.82, 2.24) is 10.2 Å². The quantitative estimate of drug-likeness (QED) is 0.275. The van der Waals surface area contributed by atoms with Gasteiger partial charge in [0.25, 0.3) is 0 Å². The second-order valence-corrected chi connectivity index (χ2v) is 9.90. The summed E-state index contributed by atoms with van der Waals surface area (Å²) in [6, 6.07) is 9.75. The minimum Gasteiger partial charge on any atom is -0.508 e. The van der Waals surface area contributed by atoms with Gasteiger partial charge in [0.15, 0.2) is 0 Å². The minimum absolute atomic E-state index is 0.0850. The maximum Gasteiger partial charge on any atom is 0.134 e. The fraction of sp³-hybridized carbons (Fsp3) is 0.571. The fourth-order valence-electron chi connectivity index (χ4n) is 5.13. The number of nitrogens with zero attached hydrogens (tertiary/aromatic N) is 1. The van der Waals surface area contributed by atoms with E-state index < -0.39 is 0 Å². The van der Waals surface area contributed by atoms with Crippen molar-refractivity contribution in [2.24, 2.45) is 0 Å². The monoisotopic (exact) mass is 488 g/mol. The average Bonchev–Trinajstić information content (AvgIpc) is 2.84. The molecule has 0 saturated carbocycles. The summed E-state index contributed by atoms with van der Waals surface area (Å²) in [4.78, 5) is 2.66. The average molecular weight is 489 g/mol. The largest absolute Gasteiger partial charge is 0.508 e. The molecule has 0 aliphatic heterocycles. The summed E-state index contributed by atoms with van der Waals surface area (Å²) in [5, 5.41) is 33.1. The van der Waals surface area contributed by atoms with Gasteiger partial charge in [-0.2, -0.15) is 0 Å². The van der Waals surface area contributed by atoms with Gasteiger partial charge in [0.2, 0.25) is 0 Å². The van der Waals surface area contributed by atoms with Crippen LogP contribution in [0.1, 0.15) is 67.7 Å². The number of benzene rings is 2. The van der Waals surface area contributed by atoms with Crippen molar-refractivity contribution in [2.45, 2.75) is 77.4 Å². The molecule has 1 aliphatic carbocycles. The summed E-state index contributed by atoms with van der Waals surface area (Å²) in [6.45, 7) is 6.40. The third-order valence-corrected chi connectivity index (χ3v) is 7.33. The summed E-state index contributed by atoms with van der Waals surface area (Å²) >= 11 is 5.96. The first-order valence-corrected chi connectivity index (χ1v) is 13.3. The number of hydrogen-bond acceptors (Lipinski definition) is 5. The van der Waals surface area contributed by atoms with E-state index in [1.54, 1.807) is 12.1 Å². The molecule has 0 aromatic heterocycles. The highest BCUT2D eigenvalue weighted by Crippen LogP contribution is 2.32. The Kier molecular flexibility index (Phi) is 11.0. The van der Waals surface area contributed by atoms with E-state index in [1.165, 1.54) is 31.2 Å². The topological polar surface area (TPSA) is 76.0 Å². The molecule has 0 saturated heterocycles. The van der Waals surface area contributed by atoms with E-state index in [9.17, 15) is 15.3 Å². The Balaban J connectivity index is 1.32. The molecule has 0 radical (unpaired) electrons. The zero-order valence-corrected chi connectivity index (χ0v) is 21.3. The van der Waals surface area contributed by atoms with Crippen LogP contribution < -0.4 is 5.32 Å². The number of hydrogen-bond donors (Lipinski definition) is 4. The summed E-state index contributed by atoms with van der Waals surface area (Å²) in [7, 11) is 0. The van der Waals surface area contributed by atoms with Crippen molar-refractivity contribution in [3.05, 3.63) is 57.6 Å². The van der Waals surface area contributed by atoms with Gasteiger partial charge in [-0.05, 0) is 106 Å². The molecule has 2 aromatic carbocycles. The van der Waals surface area contributed by atoms with Crippen LogP contribution in [0.4, 0.5) is 0 Å². The zero-order chi connectivity index (χ0) is 24.3. The summed E-state index contributed by atoms with van der Waals surface area (Å²) in [6.07, 6.45) is 10.0. The van der Waals surface area contributed by atoms with Gasteiger partial charge >= 0.3 is 0 Å². The van der Waals surface area contributed by atoms with Crippen LogP contribution in [0.15, 0.2) is 30.3 Å². The Morgan fingerprint density at radius 2 is 1.79 bits per heavy atom. The van der Waals surface area contributed by atoms with Crippen molar-refractivity contribution in [2.75, 3.05) is 26.2 Å².